The highest BCUT2D eigenvalue weighted by Crippen LogP contribution is 2.35. The van der Waals surface area contributed by atoms with Gasteiger partial charge in [0.25, 0.3) is 0 Å². The van der Waals surface area contributed by atoms with Crippen molar-refractivity contribution < 1.29 is 4.43 Å². The summed E-state index contributed by atoms with van der Waals surface area (Å²) in [5, 5.41) is 0. The summed E-state index contributed by atoms with van der Waals surface area (Å²) in [6.07, 6.45) is 2.60. The third-order valence-corrected chi connectivity index (χ3v) is 4.80. The summed E-state index contributed by atoms with van der Waals surface area (Å²) in [6, 6.07) is 0. The van der Waals surface area contributed by atoms with Gasteiger partial charge in [0.1, 0.15) is 15.9 Å². The highest BCUT2D eigenvalue weighted by atomic mass is 33.1. The normalized spacial score (nSPS) is 30.8. The zero-order valence-electron chi connectivity index (χ0n) is 4.92. The predicted molar refractivity (Wildman–Crippen MR) is 44.1 cm³/mol. The molecule has 0 aliphatic carbocycles. The Bertz CT molecular complexity index is 65.1. The molecule has 8 heavy (non-hydrogen) atoms. The monoisotopic (exact) mass is 166 g/mol. The van der Waals surface area contributed by atoms with Crippen LogP contribution in [-0.2, 0) is 4.43 Å². The molecule has 1 aliphatic rings. The van der Waals surface area contributed by atoms with E-state index in [2.05, 4.69) is 0 Å². The van der Waals surface area contributed by atoms with Gasteiger partial charge < -0.3 is 4.43 Å². The molecule has 48 valence electrons. The van der Waals surface area contributed by atoms with Crippen LogP contribution in [0.25, 0.3) is 0 Å². The van der Waals surface area contributed by atoms with E-state index in [9.17, 15) is 0 Å². The Kier molecular flexibility index (Phi) is 3.34. The van der Waals surface area contributed by atoms with Crippen LogP contribution in [-0.4, -0.2) is 21.7 Å². The van der Waals surface area contributed by atoms with Crippen molar-refractivity contribution in [2.75, 3.05) is 5.75 Å². The van der Waals surface area contributed by atoms with Gasteiger partial charge >= 0.3 is 0 Å². The van der Waals surface area contributed by atoms with E-state index in [1.807, 2.05) is 21.6 Å². The van der Waals surface area contributed by atoms with Crippen molar-refractivity contribution in [3.8, 4) is 0 Å². The van der Waals surface area contributed by atoms with Crippen molar-refractivity contribution in [2.24, 2.45) is 0 Å². The lowest BCUT2D eigenvalue weighted by Gasteiger charge is -2.18. The van der Waals surface area contributed by atoms with Crippen LogP contribution in [0.4, 0.5) is 0 Å². The van der Waals surface area contributed by atoms with E-state index in [0.29, 0.717) is 5.44 Å². The first-order chi connectivity index (χ1) is 3.93. The molecular formula is C4H10OS2Si. The number of hydrogen-bond acceptors (Lipinski definition) is 3. The van der Waals surface area contributed by atoms with Gasteiger partial charge in [-0.25, -0.2) is 0 Å². The van der Waals surface area contributed by atoms with E-state index in [0.717, 1.165) is 10.5 Å². The molecule has 0 aromatic rings. The minimum atomic E-state index is 0.528. The maximum absolute atomic E-state index is 5.27. The Morgan fingerprint density at radius 1 is 1.62 bits per heavy atom. The van der Waals surface area contributed by atoms with E-state index in [4.69, 9.17) is 4.43 Å². The van der Waals surface area contributed by atoms with Crippen molar-refractivity contribution in [1.29, 1.82) is 0 Å². The molecule has 1 fully saturated rings. The van der Waals surface area contributed by atoms with Crippen molar-refractivity contribution >= 4 is 32.1 Å². The topological polar surface area (TPSA) is 9.23 Å². The van der Waals surface area contributed by atoms with Gasteiger partial charge in [-0.05, 0) is 12.8 Å². The zero-order valence-corrected chi connectivity index (χ0v) is 8.56. The second kappa shape index (κ2) is 3.82. The summed E-state index contributed by atoms with van der Waals surface area (Å²) in [5.41, 5.74) is 0.528. The Hall–Kier alpha value is 0.877. The number of rotatable bonds is 1. The average Bonchev–Trinajstić information content (AvgIpc) is 1.90. The minimum Gasteiger partial charge on any atom is -0.415 e. The van der Waals surface area contributed by atoms with Crippen LogP contribution < -0.4 is 0 Å². The predicted octanol–water partition coefficient (Wildman–Crippen LogP) is 0.785. The van der Waals surface area contributed by atoms with E-state index >= 15 is 0 Å². The van der Waals surface area contributed by atoms with E-state index in [-0.39, 0.29) is 0 Å². The standard InChI is InChI=1S/C4H10OS2Si/c8-5-4-2-1-3-6-7-4/h4H,1-3H2,8H3. The second-order valence-electron chi connectivity index (χ2n) is 1.73. The molecule has 4 heteroatoms. The van der Waals surface area contributed by atoms with Crippen molar-refractivity contribution in [3.05, 3.63) is 0 Å². The molecule has 0 spiro atoms. The maximum Gasteiger partial charge on any atom is 0.147 e. The first-order valence-corrected chi connectivity index (χ1v) is 5.94. The third kappa shape index (κ3) is 2.01. The third-order valence-electron chi connectivity index (χ3n) is 1.11. The first kappa shape index (κ1) is 6.99. The fourth-order valence-electron chi connectivity index (χ4n) is 0.638. The first-order valence-electron chi connectivity index (χ1n) is 2.74. The summed E-state index contributed by atoms with van der Waals surface area (Å²) < 4.78 is 5.27. The molecule has 0 radical (unpaired) electrons. The second-order valence-corrected chi connectivity index (χ2v) is 4.84. The molecule has 0 bridgehead atoms. The minimum absolute atomic E-state index is 0.528. The zero-order chi connectivity index (χ0) is 5.82. The Morgan fingerprint density at radius 2 is 2.50 bits per heavy atom. The van der Waals surface area contributed by atoms with Gasteiger partial charge in [-0.15, -0.1) is 0 Å². The molecule has 0 aromatic carbocycles. The Balaban J connectivity index is 2.13. The molecule has 1 rings (SSSR count). The van der Waals surface area contributed by atoms with E-state index in [1.54, 1.807) is 0 Å². The fourth-order valence-corrected chi connectivity index (χ4v) is 4.08. The van der Waals surface area contributed by atoms with E-state index < -0.39 is 0 Å². The lowest BCUT2D eigenvalue weighted by molar-refractivity contribution is 0.304. The van der Waals surface area contributed by atoms with Gasteiger partial charge in [0.2, 0.25) is 0 Å². The molecule has 0 N–H and O–H groups in total. The summed E-state index contributed by atoms with van der Waals surface area (Å²) in [4.78, 5) is 0. The molecule has 1 nitrogen and oxygen atoms in total. The van der Waals surface area contributed by atoms with Crippen molar-refractivity contribution in [3.63, 3.8) is 0 Å². The van der Waals surface area contributed by atoms with Gasteiger partial charge in [0.15, 0.2) is 0 Å². The van der Waals surface area contributed by atoms with Crippen molar-refractivity contribution in [1.82, 2.24) is 0 Å². The summed E-state index contributed by atoms with van der Waals surface area (Å²) in [6.45, 7) is 0. The molecule has 1 aliphatic heterocycles. The summed E-state index contributed by atoms with van der Waals surface area (Å²) >= 11 is 0. The van der Waals surface area contributed by atoms with Crippen LogP contribution in [0.1, 0.15) is 12.8 Å². The molecule has 1 atom stereocenters. The number of hydrogen-bond donors (Lipinski definition) is 0. The van der Waals surface area contributed by atoms with Crippen molar-refractivity contribution in [2.45, 2.75) is 18.3 Å². The lowest BCUT2D eigenvalue weighted by atomic mass is 10.4. The Morgan fingerprint density at radius 3 is 2.88 bits per heavy atom. The molecular weight excluding hydrogens is 156 g/mol. The average molecular weight is 166 g/mol. The quantitative estimate of drug-likeness (QED) is 0.421. The highest BCUT2D eigenvalue weighted by Gasteiger charge is 2.11. The van der Waals surface area contributed by atoms with E-state index in [1.165, 1.54) is 18.6 Å². The van der Waals surface area contributed by atoms with Gasteiger partial charge in [-0.2, -0.15) is 0 Å². The maximum atomic E-state index is 5.27. The molecule has 1 saturated heterocycles. The molecule has 1 heterocycles. The van der Waals surface area contributed by atoms with Crippen LogP contribution in [0.15, 0.2) is 0 Å². The van der Waals surface area contributed by atoms with Gasteiger partial charge in [-0.1, -0.05) is 21.6 Å². The molecule has 0 saturated carbocycles. The highest BCUT2D eigenvalue weighted by molar-refractivity contribution is 8.77. The fraction of sp³-hybridized carbons (Fsp3) is 1.00. The summed E-state index contributed by atoms with van der Waals surface area (Å²) in [5.74, 6) is 1.31. The molecule has 0 amide bonds. The Labute approximate surface area is 60.9 Å². The van der Waals surface area contributed by atoms with Crippen LogP contribution in [0.5, 0.6) is 0 Å². The smallest absolute Gasteiger partial charge is 0.147 e. The van der Waals surface area contributed by atoms with Crippen LogP contribution >= 0.6 is 21.6 Å². The van der Waals surface area contributed by atoms with Crippen LogP contribution in [0.2, 0.25) is 0 Å². The molecule has 0 aromatic heterocycles. The van der Waals surface area contributed by atoms with Crippen LogP contribution in [0.3, 0.4) is 0 Å². The SMILES string of the molecule is [SiH3]OC1CCCSS1. The van der Waals surface area contributed by atoms with Gasteiger partial charge in [-0.3, -0.25) is 0 Å². The molecule has 1 unspecified atom stereocenters. The van der Waals surface area contributed by atoms with Gasteiger partial charge in [0, 0.05) is 5.75 Å². The van der Waals surface area contributed by atoms with Gasteiger partial charge in [0.05, 0.1) is 0 Å². The van der Waals surface area contributed by atoms with Crippen LogP contribution in [0, 0.1) is 0 Å². The largest absolute Gasteiger partial charge is 0.415 e. The summed E-state index contributed by atoms with van der Waals surface area (Å²) in [7, 11) is 4.73. The lowest BCUT2D eigenvalue weighted by Crippen LogP contribution is -2.08.